The van der Waals surface area contributed by atoms with Crippen LogP contribution in [0.15, 0.2) is 146 Å². The standard InChI is InChI=1S/C77H126O6/c1-4-7-10-13-16-18-20-22-24-26-28-30-32-34-35-36-37-38-39-40-41-43-44-46-48-50-52-54-56-58-61-64-67-70-76(79)82-73-74(72-81-75(78)69-66-63-60-15-12-9-6-3)83-77(80)71-68-65-62-59-57-55-53-51-49-47-45-42-33-31-29-27-25-23-21-19-17-14-11-8-5-2/h7-8,10-11,16-19,22-25,28-31,34-35,37-38,42,45,49,51,74H,4-6,9,12-15,20-21,26-27,32-33,36,39-41,43-44,46-48,50,52-73H2,1-3H3/b10-7-,11-8-,18-16-,19-17-,24-22-,25-23-,30-28-,31-29-,35-34-,38-37-,45-42-,51-49-. The fraction of sp³-hybridized carbons (Fsp3) is 0.649. The van der Waals surface area contributed by atoms with Crippen LogP contribution in [0.3, 0.4) is 0 Å². The van der Waals surface area contributed by atoms with Crippen LogP contribution < -0.4 is 0 Å². The molecule has 0 aliphatic heterocycles. The number of esters is 3. The molecule has 0 aromatic rings. The van der Waals surface area contributed by atoms with E-state index in [1.165, 1.54) is 116 Å². The summed E-state index contributed by atoms with van der Waals surface area (Å²) in [7, 11) is 0. The molecule has 1 atom stereocenters. The molecular weight excluding hydrogens is 1020 g/mol. The van der Waals surface area contributed by atoms with Gasteiger partial charge in [-0.15, -0.1) is 0 Å². The largest absolute Gasteiger partial charge is 0.462 e. The van der Waals surface area contributed by atoms with Crippen molar-refractivity contribution in [1.82, 2.24) is 0 Å². The van der Waals surface area contributed by atoms with Crippen molar-refractivity contribution < 1.29 is 28.6 Å². The number of hydrogen-bond donors (Lipinski definition) is 0. The van der Waals surface area contributed by atoms with E-state index in [-0.39, 0.29) is 31.1 Å². The number of ether oxygens (including phenoxy) is 3. The van der Waals surface area contributed by atoms with E-state index in [2.05, 4.69) is 167 Å². The van der Waals surface area contributed by atoms with Gasteiger partial charge >= 0.3 is 17.9 Å². The van der Waals surface area contributed by atoms with Crippen molar-refractivity contribution >= 4 is 17.9 Å². The second-order valence-corrected chi connectivity index (χ2v) is 22.3. The highest BCUT2D eigenvalue weighted by Gasteiger charge is 2.19. The molecule has 0 rings (SSSR count). The van der Waals surface area contributed by atoms with Crippen molar-refractivity contribution in [3.8, 4) is 0 Å². The zero-order valence-corrected chi connectivity index (χ0v) is 53.9. The fourth-order valence-corrected chi connectivity index (χ4v) is 9.27. The first kappa shape index (κ1) is 78.3. The van der Waals surface area contributed by atoms with E-state index in [1.807, 2.05) is 0 Å². The predicted octanol–water partition coefficient (Wildman–Crippen LogP) is 23.9. The minimum atomic E-state index is -0.789. The molecule has 6 heteroatoms. The maximum atomic E-state index is 12.9. The molecule has 0 radical (unpaired) electrons. The van der Waals surface area contributed by atoms with E-state index in [1.54, 1.807) is 0 Å². The first-order valence-corrected chi connectivity index (χ1v) is 34.3. The normalized spacial score (nSPS) is 13.0. The van der Waals surface area contributed by atoms with Crippen molar-refractivity contribution in [2.75, 3.05) is 13.2 Å². The smallest absolute Gasteiger partial charge is 0.306 e. The molecule has 1 unspecified atom stereocenters. The number of unbranched alkanes of at least 4 members (excludes halogenated alkanes) is 26. The average Bonchev–Trinajstić information content (AvgIpc) is 3.50. The summed E-state index contributed by atoms with van der Waals surface area (Å²) < 4.78 is 16.9. The Morgan fingerprint density at radius 3 is 0.735 bits per heavy atom. The third kappa shape index (κ3) is 68.0. The monoisotopic (exact) mass is 1150 g/mol. The Morgan fingerprint density at radius 2 is 0.470 bits per heavy atom. The zero-order valence-electron chi connectivity index (χ0n) is 53.9. The van der Waals surface area contributed by atoms with Crippen LogP contribution in [0, 0.1) is 0 Å². The van der Waals surface area contributed by atoms with E-state index in [0.717, 1.165) is 148 Å². The lowest BCUT2D eigenvalue weighted by molar-refractivity contribution is -0.167. The van der Waals surface area contributed by atoms with Crippen LogP contribution in [0.5, 0.6) is 0 Å². The molecule has 0 saturated carbocycles. The quantitative estimate of drug-likeness (QED) is 0.0261. The maximum absolute atomic E-state index is 12.9. The molecule has 0 amide bonds. The van der Waals surface area contributed by atoms with E-state index < -0.39 is 6.10 Å². The van der Waals surface area contributed by atoms with Crippen molar-refractivity contribution in [3.05, 3.63) is 146 Å². The summed E-state index contributed by atoms with van der Waals surface area (Å²) in [5.74, 6) is -0.904. The van der Waals surface area contributed by atoms with Gasteiger partial charge in [0.25, 0.3) is 0 Å². The highest BCUT2D eigenvalue weighted by atomic mass is 16.6. The molecular formula is C77H126O6. The molecule has 0 aromatic carbocycles. The van der Waals surface area contributed by atoms with Crippen LogP contribution >= 0.6 is 0 Å². The molecule has 0 N–H and O–H groups in total. The number of allylic oxidation sites excluding steroid dienone is 24. The Bertz CT molecular complexity index is 1800. The van der Waals surface area contributed by atoms with Gasteiger partial charge in [-0.3, -0.25) is 14.4 Å². The van der Waals surface area contributed by atoms with Gasteiger partial charge in [-0.2, -0.15) is 0 Å². The molecule has 0 heterocycles. The highest BCUT2D eigenvalue weighted by Crippen LogP contribution is 2.16. The number of carbonyl (C=O) groups excluding carboxylic acids is 3. The molecule has 0 aliphatic rings. The van der Waals surface area contributed by atoms with Gasteiger partial charge in [0.1, 0.15) is 13.2 Å². The molecule has 0 fully saturated rings. The second-order valence-electron chi connectivity index (χ2n) is 22.3. The topological polar surface area (TPSA) is 78.9 Å². The van der Waals surface area contributed by atoms with Crippen molar-refractivity contribution in [3.63, 3.8) is 0 Å². The number of carbonyl (C=O) groups is 3. The van der Waals surface area contributed by atoms with Crippen LogP contribution in [-0.4, -0.2) is 37.2 Å². The summed E-state index contributed by atoms with van der Waals surface area (Å²) in [5, 5.41) is 0. The molecule has 0 aromatic heterocycles. The van der Waals surface area contributed by atoms with E-state index >= 15 is 0 Å². The minimum absolute atomic E-state index is 0.0859. The molecule has 0 saturated heterocycles. The lowest BCUT2D eigenvalue weighted by Gasteiger charge is -2.18. The van der Waals surface area contributed by atoms with Gasteiger partial charge in [0.2, 0.25) is 0 Å². The van der Waals surface area contributed by atoms with Crippen LogP contribution in [0.25, 0.3) is 0 Å². The molecule has 6 nitrogen and oxygen atoms in total. The SMILES string of the molecule is CC/C=C\C/C=C\C/C=C\C/C=C\C/C=C\C/C=C\CCCCCCCCCCCCCCCCC(=O)OCC(COC(=O)CCCCCCCCC)OC(=O)CCCCCCCC/C=C\C/C=C\C/C=C\C/C=C\C/C=C\C/C=C\CC. The van der Waals surface area contributed by atoms with Gasteiger partial charge in [-0.25, -0.2) is 0 Å². The van der Waals surface area contributed by atoms with Crippen LogP contribution in [0.4, 0.5) is 0 Å². The third-order valence-corrected chi connectivity index (χ3v) is 14.3. The summed E-state index contributed by atoms with van der Waals surface area (Å²) in [4.78, 5) is 38.2. The highest BCUT2D eigenvalue weighted by molar-refractivity contribution is 5.71. The maximum Gasteiger partial charge on any atom is 0.306 e. The number of rotatable bonds is 61. The Balaban J connectivity index is 4.13. The van der Waals surface area contributed by atoms with E-state index in [0.29, 0.717) is 19.3 Å². The van der Waals surface area contributed by atoms with Gasteiger partial charge < -0.3 is 14.2 Å². The first-order valence-electron chi connectivity index (χ1n) is 34.3. The number of hydrogen-bond acceptors (Lipinski definition) is 6. The summed E-state index contributed by atoms with van der Waals surface area (Å²) in [6, 6.07) is 0. The Kier molecular flexibility index (Phi) is 65.8. The van der Waals surface area contributed by atoms with E-state index in [9.17, 15) is 14.4 Å². The lowest BCUT2D eigenvalue weighted by atomic mass is 10.0. The molecule has 0 aliphatic carbocycles. The van der Waals surface area contributed by atoms with Crippen LogP contribution in [-0.2, 0) is 28.6 Å². The van der Waals surface area contributed by atoms with Gasteiger partial charge in [0.15, 0.2) is 6.10 Å². The Hall–Kier alpha value is -4.71. The van der Waals surface area contributed by atoms with Crippen LogP contribution in [0.2, 0.25) is 0 Å². The van der Waals surface area contributed by atoms with Crippen molar-refractivity contribution in [2.45, 2.75) is 309 Å². The molecule has 470 valence electrons. The Labute approximate surface area is 512 Å². The predicted molar refractivity (Wildman–Crippen MR) is 362 cm³/mol. The summed E-state index contributed by atoms with van der Waals surface area (Å²) >= 11 is 0. The van der Waals surface area contributed by atoms with Crippen molar-refractivity contribution in [2.24, 2.45) is 0 Å². The van der Waals surface area contributed by atoms with Gasteiger partial charge in [-0.05, 0) is 122 Å². The summed E-state index contributed by atoms with van der Waals surface area (Å²) in [6.07, 6.45) is 100. The third-order valence-electron chi connectivity index (χ3n) is 14.3. The van der Waals surface area contributed by atoms with Gasteiger partial charge in [-0.1, -0.05) is 308 Å². The minimum Gasteiger partial charge on any atom is -0.462 e. The zero-order chi connectivity index (χ0) is 59.9. The summed E-state index contributed by atoms with van der Waals surface area (Å²) in [5.41, 5.74) is 0. The first-order chi connectivity index (χ1) is 41.0. The van der Waals surface area contributed by atoms with Crippen LogP contribution in [0.1, 0.15) is 303 Å². The molecule has 0 bridgehead atoms. The summed E-state index contributed by atoms with van der Waals surface area (Å²) in [6.45, 7) is 6.37. The Morgan fingerprint density at radius 1 is 0.253 bits per heavy atom. The second kappa shape index (κ2) is 69.8. The lowest BCUT2D eigenvalue weighted by Crippen LogP contribution is -2.30. The van der Waals surface area contributed by atoms with Gasteiger partial charge in [0, 0.05) is 19.3 Å². The van der Waals surface area contributed by atoms with E-state index in [4.69, 9.17) is 14.2 Å². The average molecular weight is 1150 g/mol. The molecule has 0 spiro atoms. The van der Waals surface area contributed by atoms with Gasteiger partial charge in [0.05, 0.1) is 0 Å². The van der Waals surface area contributed by atoms with Crippen molar-refractivity contribution in [1.29, 1.82) is 0 Å². The molecule has 83 heavy (non-hydrogen) atoms. The fourth-order valence-electron chi connectivity index (χ4n) is 9.27.